The fraction of sp³-hybridized carbons (Fsp3) is 0.625. The van der Waals surface area contributed by atoms with Gasteiger partial charge in [-0.2, -0.15) is 0 Å². The molecule has 1 saturated carbocycles. The number of aryl methyl sites for hydroxylation is 1. The molecule has 1 unspecified atom stereocenters. The van der Waals surface area contributed by atoms with Gasteiger partial charge in [-0.3, -0.25) is 0 Å². The Morgan fingerprint density at radius 2 is 2.17 bits per heavy atom. The molecule has 1 aromatic rings. The van der Waals surface area contributed by atoms with E-state index in [4.69, 9.17) is 4.74 Å². The van der Waals surface area contributed by atoms with Crippen molar-refractivity contribution in [2.24, 2.45) is 0 Å². The van der Waals surface area contributed by atoms with Crippen LogP contribution in [0.15, 0.2) is 18.2 Å². The minimum Gasteiger partial charge on any atom is -0.490 e. The molecule has 1 heterocycles. The topological polar surface area (TPSA) is 21.3 Å². The van der Waals surface area contributed by atoms with Gasteiger partial charge >= 0.3 is 0 Å². The van der Waals surface area contributed by atoms with Crippen LogP contribution in [-0.2, 0) is 12.8 Å². The maximum Gasteiger partial charge on any atom is 0.123 e. The lowest BCUT2D eigenvalue weighted by atomic mass is 10.0. The Balaban J connectivity index is 1.43. The maximum atomic E-state index is 5.73. The number of rotatable bonds is 6. The molecule has 3 rings (SSSR count). The van der Waals surface area contributed by atoms with Gasteiger partial charge in [0, 0.05) is 12.5 Å². The van der Waals surface area contributed by atoms with Crippen molar-refractivity contribution < 1.29 is 4.74 Å². The van der Waals surface area contributed by atoms with Gasteiger partial charge in [-0.25, -0.2) is 0 Å². The molecule has 1 aromatic carbocycles. The summed E-state index contributed by atoms with van der Waals surface area (Å²) in [6.45, 7) is 3.33. The molecular formula is C16H23NO. The molecule has 18 heavy (non-hydrogen) atoms. The fourth-order valence-electron chi connectivity index (χ4n) is 2.68. The van der Waals surface area contributed by atoms with E-state index in [2.05, 4.69) is 30.4 Å². The van der Waals surface area contributed by atoms with Crippen LogP contribution in [0.3, 0.4) is 0 Å². The standard InChI is InChI=1S/C16H23NO/c1-12-10-14-11-13(5-8-16(14)18-12)4-2-3-9-17-15-6-7-15/h5,8,11-12,15,17H,2-4,6-7,9-10H2,1H3. The van der Waals surface area contributed by atoms with E-state index in [1.807, 2.05) is 0 Å². The zero-order valence-corrected chi connectivity index (χ0v) is 11.2. The second-order valence-electron chi connectivity index (χ2n) is 5.76. The molecule has 1 aliphatic carbocycles. The minimum absolute atomic E-state index is 0.359. The molecule has 1 fully saturated rings. The highest BCUT2D eigenvalue weighted by Crippen LogP contribution is 2.29. The fourth-order valence-corrected chi connectivity index (χ4v) is 2.68. The van der Waals surface area contributed by atoms with E-state index in [-0.39, 0.29) is 0 Å². The normalized spacial score (nSPS) is 21.7. The molecule has 0 amide bonds. The third-order valence-electron chi connectivity index (χ3n) is 3.86. The third-order valence-corrected chi connectivity index (χ3v) is 3.86. The van der Waals surface area contributed by atoms with Crippen molar-refractivity contribution in [1.82, 2.24) is 5.32 Å². The molecule has 0 aromatic heterocycles. The molecule has 0 spiro atoms. The summed E-state index contributed by atoms with van der Waals surface area (Å²) in [6.07, 6.45) is 8.00. The molecule has 0 saturated heterocycles. The van der Waals surface area contributed by atoms with Crippen LogP contribution in [0.2, 0.25) is 0 Å². The Hall–Kier alpha value is -1.02. The van der Waals surface area contributed by atoms with Gasteiger partial charge in [0.05, 0.1) is 0 Å². The van der Waals surface area contributed by atoms with Crippen LogP contribution in [-0.4, -0.2) is 18.7 Å². The molecule has 0 bridgehead atoms. The largest absolute Gasteiger partial charge is 0.490 e. The monoisotopic (exact) mass is 245 g/mol. The smallest absolute Gasteiger partial charge is 0.123 e. The lowest BCUT2D eigenvalue weighted by Gasteiger charge is -2.05. The molecule has 1 atom stereocenters. The van der Waals surface area contributed by atoms with Crippen molar-refractivity contribution in [1.29, 1.82) is 0 Å². The number of hydrogen-bond donors (Lipinski definition) is 1. The van der Waals surface area contributed by atoms with E-state index in [9.17, 15) is 0 Å². The third kappa shape index (κ3) is 3.05. The van der Waals surface area contributed by atoms with E-state index in [1.54, 1.807) is 0 Å². The van der Waals surface area contributed by atoms with E-state index in [1.165, 1.54) is 49.8 Å². The lowest BCUT2D eigenvalue weighted by molar-refractivity contribution is 0.254. The van der Waals surface area contributed by atoms with Crippen molar-refractivity contribution in [2.75, 3.05) is 6.54 Å². The van der Waals surface area contributed by atoms with Gasteiger partial charge in [0.1, 0.15) is 11.9 Å². The van der Waals surface area contributed by atoms with Crippen LogP contribution in [0.1, 0.15) is 43.7 Å². The number of ether oxygens (including phenoxy) is 1. The average molecular weight is 245 g/mol. The molecule has 2 aliphatic rings. The predicted molar refractivity (Wildman–Crippen MR) is 74.2 cm³/mol. The summed E-state index contributed by atoms with van der Waals surface area (Å²) >= 11 is 0. The number of nitrogens with one attached hydrogen (secondary N) is 1. The zero-order chi connectivity index (χ0) is 12.4. The molecule has 2 nitrogen and oxygen atoms in total. The first-order valence-electron chi connectivity index (χ1n) is 7.33. The van der Waals surface area contributed by atoms with E-state index >= 15 is 0 Å². The quantitative estimate of drug-likeness (QED) is 0.778. The Morgan fingerprint density at radius 3 is 3.00 bits per heavy atom. The lowest BCUT2D eigenvalue weighted by Crippen LogP contribution is -2.17. The number of fused-ring (bicyclic) bond motifs is 1. The first-order chi connectivity index (χ1) is 8.81. The summed E-state index contributed by atoms with van der Waals surface area (Å²) in [4.78, 5) is 0. The average Bonchev–Trinajstić information content (AvgIpc) is 3.09. The van der Waals surface area contributed by atoms with Crippen LogP contribution in [0.25, 0.3) is 0 Å². The summed E-state index contributed by atoms with van der Waals surface area (Å²) in [5.74, 6) is 1.10. The summed E-state index contributed by atoms with van der Waals surface area (Å²) in [7, 11) is 0. The number of hydrogen-bond acceptors (Lipinski definition) is 2. The summed E-state index contributed by atoms with van der Waals surface area (Å²) in [6, 6.07) is 7.57. The van der Waals surface area contributed by atoms with Gasteiger partial charge in [-0.05, 0) is 62.8 Å². The van der Waals surface area contributed by atoms with Crippen molar-refractivity contribution >= 4 is 0 Å². The van der Waals surface area contributed by atoms with Crippen LogP contribution < -0.4 is 10.1 Å². The molecular weight excluding hydrogens is 222 g/mol. The predicted octanol–water partition coefficient (Wildman–Crippen LogP) is 3.08. The molecule has 98 valence electrons. The Bertz CT molecular complexity index is 412. The Labute approximate surface area is 110 Å². The minimum atomic E-state index is 0.359. The first-order valence-corrected chi connectivity index (χ1v) is 7.33. The molecule has 0 radical (unpaired) electrons. The second kappa shape index (κ2) is 5.31. The van der Waals surface area contributed by atoms with Gasteiger partial charge in [-0.1, -0.05) is 12.1 Å². The highest BCUT2D eigenvalue weighted by atomic mass is 16.5. The van der Waals surface area contributed by atoms with Gasteiger partial charge in [0.2, 0.25) is 0 Å². The highest BCUT2D eigenvalue weighted by molar-refractivity contribution is 5.40. The summed E-state index contributed by atoms with van der Waals surface area (Å²) in [5, 5.41) is 3.57. The van der Waals surface area contributed by atoms with Crippen molar-refractivity contribution in [3.05, 3.63) is 29.3 Å². The molecule has 1 N–H and O–H groups in total. The summed E-state index contributed by atoms with van der Waals surface area (Å²) < 4.78 is 5.73. The van der Waals surface area contributed by atoms with Crippen molar-refractivity contribution in [2.45, 2.75) is 57.6 Å². The Morgan fingerprint density at radius 1 is 1.28 bits per heavy atom. The van der Waals surface area contributed by atoms with Crippen LogP contribution in [0, 0.1) is 0 Å². The SMILES string of the molecule is CC1Cc2cc(CCCCNC3CC3)ccc2O1. The van der Waals surface area contributed by atoms with Gasteiger partial charge in [0.25, 0.3) is 0 Å². The molecule has 2 heteroatoms. The second-order valence-corrected chi connectivity index (χ2v) is 5.76. The van der Waals surface area contributed by atoms with E-state index in [0.717, 1.165) is 18.2 Å². The van der Waals surface area contributed by atoms with Crippen molar-refractivity contribution in [3.63, 3.8) is 0 Å². The van der Waals surface area contributed by atoms with E-state index < -0.39 is 0 Å². The van der Waals surface area contributed by atoms with Crippen LogP contribution in [0.4, 0.5) is 0 Å². The Kier molecular flexibility index (Phi) is 3.55. The summed E-state index contributed by atoms with van der Waals surface area (Å²) in [5.41, 5.74) is 2.87. The number of unbranched alkanes of at least 4 members (excludes halogenated alkanes) is 1. The van der Waals surface area contributed by atoms with Gasteiger partial charge in [-0.15, -0.1) is 0 Å². The van der Waals surface area contributed by atoms with Gasteiger partial charge in [0.15, 0.2) is 0 Å². The van der Waals surface area contributed by atoms with Crippen molar-refractivity contribution in [3.8, 4) is 5.75 Å². The maximum absolute atomic E-state index is 5.73. The molecule has 1 aliphatic heterocycles. The van der Waals surface area contributed by atoms with Gasteiger partial charge < -0.3 is 10.1 Å². The van der Waals surface area contributed by atoms with E-state index in [0.29, 0.717) is 6.10 Å². The van der Waals surface area contributed by atoms with Crippen LogP contribution >= 0.6 is 0 Å². The first kappa shape index (κ1) is 12.0. The highest BCUT2D eigenvalue weighted by Gasteiger charge is 2.20. The van der Waals surface area contributed by atoms with Crippen LogP contribution in [0.5, 0.6) is 5.75 Å². The zero-order valence-electron chi connectivity index (χ0n) is 11.2. The number of benzene rings is 1.